The Morgan fingerprint density at radius 3 is 2.62 bits per heavy atom. The van der Waals surface area contributed by atoms with E-state index < -0.39 is 23.7 Å². The fourth-order valence-electron chi connectivity index (χ4n) is 2.58. The van der Waals surface area contributed by atoms with Crippen LogP contribution in [0.15, 0.2) is 18.2 Å². The van der Waals surface area contributed by atoms with Gasteiger partial charge in [0.05, 0.1) is 12.1 Å². The van der Waals surface area contributed by atoms with Crippen molar-refractivity contribution in [3.63, 3.8) is 0 Å². The topological polar surface area (TPSA) is 61.4 Å². The molecule has 6 heteroatoms. The van der Waals surface area contributed by atoms with Crippen LogP contribution in [0, 0.1) is 11.6 Å². The zero-order valence-electron chi connectivity index (χ0n) is 11.9. The first-order chi connectivity index (χ1) is 9.97. The van der Waals surface area contributed by atoms with Gasteiger partial charge < -0.3 is 15.7 Å². The molecule has 2 amide bonds. The van der Waals surface area contributed by atoms with Gasteiger partial charge in [-0.05, 0) is 38.7 Å². The summed E-state index contributed by atoms with van der Waals surface area (Å²) in [5.74, 6) is -1.87. The number of halogens is 2. The standard InChI is InChI=1S/C15H20F2N2O2/c1-9(12-3-2-4-13(16)14(12)17)18-15(21)19-10-5-7-11(20)8-6-10/h2-4,9-11,20H,5-8H2,1H3,(H2,18,19,21). The van der Waals surface area contributed by atoms with Gasteiger partial charge in [-0.2, -0.15) is 0 Å². The third-order valence-electron chi connectivity index (χ3n) is 3.83. The lowest BCUT2D eigenvalue weighted by molar-refractivity contribution is 0.117. The predicted molar refractivity (Wildman–Crippen MR) is 74.7 cm³/mol. The van der Waals surface area contributed by atoms with E-state index in [1.165, 1.54) is 12.1 Å². The van der Waals surface area contributed by atoms with Crippen LogP contribution in [-0.4, -0.2) is 23.3 Å². The Bertz CT molecular complexity index is 502. The molecule has 1 aromatic rings. The molecule has 0 heterocycles. The molecule has 0 aliphatic heterocycles. The number of hydrogen-bond acceptors (Lipinski definition) is 2. The number of carbonyl (C=O) groups excluding carboxylic acids is 1. The van der Waals surface area contributed by atoms with Crippen LogP contribution in [0.1, 0.15) is 44.2 Å². The highest BCUT2D eigenvalue weighted by atomic mass is 19.2. The molecule has 0 bridgehead atoms. The minimum absolute atomic E-state index is 0.0120. The summed E-state index contributed by atoms with van der Waals surface area (Å²) in [4.78, 5) is 11.9. The van der Waals surface area contributed by atoms with Crippen LogP contribution >= 0.6 is 0 Å². The largest absolute Gasteiger partial charge is 0.393 e. The van der Waals surface area contributed by atoms with E-state index in [1.54, 1.807) is 6.92 Å². The highest BCUT2D eigenvalue weighted by Gasteiger charge is 2.22. The molecule has 0 spiro atoms. The zero-order chi connectivity index (χ0) is 15.4. The number of benzene rings is 1. The summed E-state index contributed by atoms with van der Waals surface area (Å²) in [5.41, 5.74) is 0.115. The molecule has 1 atom stereocenters. The molecule has 1 saturated carbocycles. The highest BCUT2D eigenvalue weighted by molar-refractivity contribution is 5.74. The van der Waals surface area contributed by atoms with E-state index in [9.17, 15) is 18.7 Å². The van der Waals surface area contributed by atoms with Crippen LogP contribution in [0.5, 0.6) is 0 Å². The van der Waals surface area contributed by atoms with Gasteiger partial charge in [0.15, 0.2) is 11.6 Å². The lowest BCUT2D eigenvalue weighted by atomic mass is 9.93. The van der Waals surface area contributed by atoms with Gasteiger partial charge in [-0.25, -0.2) is 13.6 Å². The summed E-state index contributed by atoms with van der Waals surface area (Å²) in [7, 11) is 0. The third kappa shape index (κ3) is 4.14. The molecule has 21 heavy (non-hydrogen) atoms. The molecule has 1 unspecified atom stereocenters. The predicted octanol–water partition coefficient (Wildman–Crippen LogP) is 2.63. The second-order valence-corrected chi connectivity index (χ2v) is 5.49. The van der Waals surface area contributed by atoms with Crippen LogP contribution in [0.2, 0.25) is 0 Å². The third-order valence-corrected chi connectivity index (χ3v) is 3.83. The summed E-state index contributed by atoms with van der Waals surface area (Å²) >= 11 is 0. The quantitative estimate of drug-likeness (QED) is 0.803. The van der Waals surface area contributed by atoms with Crippen LogP contribution in [-0.2, 0) is 0 Å². The van der Waals surface area contributed by atoms with Gasteiger partial charge >= 0.3 is 6.03 Å². The minimum atomic E-state index is -0.939. The Morgan fingerprint density at radius 1 is 1.29 bits per heavy atom. The molecule has 1 fully saturated rings. The molecule has 0 radical (unpaired) electrons. The summed E-state index contributed by atoms with van der Waals surface area (Å²) in [6.07, 6.45) is 2.48. The van der Waals surface area contributed by atoms with Crippen molar-refractivity contribution in [2.24, 2.45) is 0 Å². The SMILES string of the molecule is CC(NC(=O)NC1CCC(O)CC1)c1cccc(F)c1F. The summed E-state index contributed by atoms with van der Waals surface area (Å²) in [5, 5.41) is 14.8. The van der Waals surface area contributed by atoms with Crippen LogP contribution in [0.4, 0.5) is 13.6 Å². The van der Waals surface area contributed by atoms with E-state index in [2.05, 4.69) is 10.6 Å². The van der Waals surface area contributed by atoms with E-state index >= 15 is 0 Å². The highest BCUT2D eigenvalue weighted by Crippen LogP contribution is 2.20. The lowest BCUT2D eigenvalue weighted by Crippen LogP contribution is -2.45. The van der Waals surface area contributed by atoms with Crippen molar-refractivity contribution in [1.29, 1.82) is 0 Å². The molecule has 1 aliphatic rings. The van der Waals surface area contributed by atoms with E-state index in [1.807, 2.05) is 0 Å². The summed E-state index contributed by atoms with van der Waals surface area (Å²) < 4.78 is 26.8. The Labute approximate surface area is 122 Å². The molecule has 0 saturated heterocycles. The van der Waals surface area contributed by atoms with Crippen molar-refractivity contribution in [1.82, 2.24) is 10.6 Å². The fourth-order valence-corrected chi connectivity index (χ4v) is 2.58. The molecule has 4 nitrogen and oxygen atoms in total. The maximum Gasteiger partial charge on any atom is 0.315 e. The van der Waals surface area contributed by atoms with Crippen molar-refractivity contribution in [2.45, 2.75) is 50.8 Å². The van der Waals surface area contributed by atoms with Gasteiger partial charge in [-0.15, -0.1) is 0 Å². The monoisotopic (exact) mass is 298 g/mol. The van der Waals surface area contributed by atoms with Crippen molar-refractivity contribution in [2.75, 3.05) is 0 Å². The average molecular weight is 298 g/mol. The lowest BCUT2D eigenvalue weighted by Gasteiger charge is -2.27. The summed E-state index contributed by atoms with van der Waals surface area (Å²) in [6.45, 7) is 1.60. The Balaban J connectivity index is 1.88. The van der Waals surface area contributed by atoms with E-state index in [0.717, 1.165) is 18.9 Å². The Kier molecular flexibility index (Phi) is 5.12. The van der Waals surface area contributed by atoms with Crippen molar-refractivity contribution >= 4 is 6.03 Å². The molecule has 3 N–H and O–H groups in total. The van der Waals surface area contributed by atoms with E-state index in [4.69, 9.17) is 0 Å². The Hall–Kier alpha value is -1.69. The molecular weight excluding hydrogens is 278 g/mol. The van der Waals surface area contributed by atoms with E-state index in [-0.39, 0.29) is 17.7 Å². The number of urea groups is 1. The van der Waals surface area contributed by atoms with Crippen molar-refractivity contribution < 1.29 is 18.7 Å². The van der Waals surface area contributed by atoms with Gasteiger partial charge in [-0.3, -0.25) is 0 Å². The van der Waals surface area contributed by atoms with Gasteiger partial charge in [0.25, 0.3) is 0 Å². The number of aliphatic hydroxyl groups excluding tert-OH is 1. The Morgan fingerprint density at radius 2 is 1.95 bits per heavy atom. The van der Waals surface area contributed by atoms with Gasteiger partial charge in [0.1, 0.15) is 0 Å². The molecule has 1 aromatic carbocycles. The molecule has 2 rings (SSSR count). The van der Waals surface area contributed by atoms with E-state index in [0.29, 0.717) is 12.8 Å². The maximum atomic E-state index is 13.6. The summed E-state index contributed by atoms with van der Waals surface area (Å²) in [6, 6.07) is 2.87. The van der Waals surface area contributed by atoms with Crippen LogP contribution in [0.25, 0.3) is 0 Å². The zero-order valence-corrected chi connectivity index (χ0v) is 11.9. The fraction of sp³-hybridized carbons (Fsp3) is 0.533. The normalized spacial score (nSPS) is 23.4. The second kappa shape index (κ2) is 6.85. The first-order valence-corrected chi connectivity index (χ1v) is 7.16. The van der Waals surface area contributed by atoms with Crippen molar-refractivity contribution in [3.05, 3.63) is 35.4 Å². The van der Waals surface area contributed by atoms with Crippen LogP contribution in [0.3, 0.4) is 0 Å². The molecule has 116 valence electrons. The van der Waals surface area contributed by atoms with Gasteiger partial charge in [0.2, 0.25) is 0 Å². The number of nitrogens with one attached hydrogen (secondary N) is 2. The number of hydrogen-bond donors (Lipinski definition) is 3. The molecule has 0 aromatic heterocycles. The van der Waals surface area contributed by atoms with Crippen LogP contribution < -0.4 is 10.6 Å². The number of rotatable bonds is 3. The molecule has 1 aliphatic carbocycles. The van der Waals surface area contributed by atoms with Gasteiger partial charge in [-0.1, -0.05) is 12.1 Å². The first-order valence-electron chi connectivity index (χ1n) is 7.16. The maximum absolute atomic E-state index is 13.6. The molecular formula is C15H20F2N2O2. The smallest absolute Gasteiger partial charge is 0.315 e. The number of aliphatic hydroxyl groups is 1. The number of amides is 2. The second-order valence-electron chi connectivity index (χ2n) is 5.49. The van der Waals surface area contributed by atoms with Gasteiger partial charge in [0, 0.05) is 11.6 Å². The first kappa shape index (κ1) is 15.7. The van der Waals surface area contributed by atoms with Crippen molar-refractivity contribution in [3.8, 4) is 0 Å². The minimum Gasteiger partial charge on any atom is -0.393 e. The number of carbonyl (C=O) groups is 1. The average Bonchev–Trinajstić information content (AvgIpc) is 2.44.